The van der Waals surface area contributed by atoms with Crippen LogP contribution in [0.3, 0.4) is 0 Å². The highest BCUT2D eigenvalue weighted by molar-refractivity contribution is 14.0. The van der Waals surface area contributed by atoms with Crippen LogP contribution in [0.4, 0.5) is 13.2 Å². The first-order chi connectivity index (χ1) is 14.5. The van der Waals surface area contributed by atoms with Crippen molar-refractivity contribution in [1.29, 1.82) is 0 Å². The normalized spacial score (nSPS) is 15.3. The summed E-state index contributed by atoms with van der Waals surface area (Å²) in [7, 11) is 0. The fourth-order valence-corrected chi connectivity index (χ4v) is 2.91. The topological polar surface area (TPSA) is 64.1 Å². The van der Waals surface area contributed by atoms with Crippen LogP contribution in [0.1, 0.15) is 31.7 Å². The lowest BCUT2D eigenvalue weighted by molar-refractivity contribution is -0.153. The summed E-state index contributed by atoms with van der Waals surface area (Å²) in [5, 5.41) is 6.45. The van der Waals surface area contributed by atoms with Crippen molar-refractivity contribution in [3.8, 4) is 5.75 Å². The molecule has 2 N–H and O–H groups in total. The minimum atomic E-state index is -4.34. The zero-order valence-electron chi connectivity index (χ0n) is 17.9. The summed E-state index contributed by atoms with van der Waals surface area (Å²) in [6, 6.07) is 6.46. The van der Waals surface area contributed by atoms with E-state index in [9.17, 15) is 13.2 Å². The largest absolute Gasteiger partial charge is 0.484 e. The van der Waals surface area contributed by atoms with E-state index in [4.69, 9.17) is 14.2 Å². The van der Waals surface area contributed by atoms with E-state index in [0.717, 1.165) is 57.7 Å². The molecule has 0 radical (unpaired) electrons. The Hall–Kier alpha value is -1.27. The second kappa shape index (κ2) is 15.5. The number of guanidine groups is 1. The second-order valence-electron chi connectivity index (χ2n) is 7.15. The zero-order chi connectivity index (χ0) is 21.7. The third-order valence-electron chi connectivity index (χ3n) is 4.54. The molecule has 1 aliphatic heterocycles. The minimum Gasteiger partial charge on any atom is -0.484 e. The van der Waals surface area contributed by atoms with Crippen LogP contribution >= 0.6 is 24.0 Å². The Balaban J connectivity index is 0.00000480. The smallest absolute Gasteiger partial charge is 0.422 e. The molecule has 0 amide bonds. The van der Waals surface area contributed by atoms with Gasteiger partial charge >= 0.3 is 6.18 Å². The molecule has 10 heteroatoms. The molecule has 0 bridgehead atoms. The number of nitrogens with zero attached hydrogens (tertiary/aromatic N) is 1. The first-order valence-corrected chi connectivity index (χ1v) is 10.4. The molecule has 1 fully saturated rings. The Morgan fingerprint density at radius 3 is 2.52 bits per heavy atom. The fourth-order valence-electron chi connectivity index (χ4n) is 2.91. The van der Waals surface area contributed by atoms with E-state index in [0.29, 0.717) is 25.0 Å². The third kappa shape index (κ3) is 13.0. The maximum absolute atomic E-state index is 12.2. The summed E-state index contributed by atoms with van der Waals surface area (Å²) in [5.41, 5.74) is 0.881. The van der Waals surface area contributed by atoms with E-state index in [1.807, 2.05) is 6.92 Å². The van der Waals surface area contributed by atoms with Crippen molar-refractivity contribution in [2.75, 3.05) is 46.1 Å². The Bertz CT molecular complexity index is 625. The van der Waals surface area contributed by atoms with Crippen LogP contribution in [-0.4, -0.2) is 58.3 Å². The molecule has 0 aliphatic carbocycles. The molecule has 1 saturated heterocycles. The summed E-state index contributed by atoms with van der Waals surface area (Å²) in [6.45, 7) is 5.74. The lowest BCUT2D eigenvalue weighted by atomic mass is 10.0. The number of nitrogens with one attached hydrogen (secondary N) is 2. The van der Waals surface area contributed by atoms with Crippen molar-refractivity contribution >= 4 is 29.9 Å². The Kier molecular flexibility index (Phi) is 13.9. The highest BCUT2D eigenvalue weighted by Gasteiger charge is 2.28. The first kappa shape index (κ1) is 27.8. The second-order valence-corrected chi connectivity index (χ2v) is 7.15. The lowest BCUT2D eigenvalue weighted by Gasteiger charge is -2.21. The standard InChI is InChI=1S/C21H32F3N3O3.HI/c1-2-25-20(26-10-3-11-29-15-18-8-12-28-13-9-18)27-14-17-4-6-19(7-5-17)30-16-21(22,23)24;/h4-7,18H,2-3,8-16H2,1H3,(H2,25,26,27);1H. The molecule has 0 unspecified atom stereocenters. The molecule has 1 aromatic carbocycles. The summed E-state index contributed by atoms with van der Waals surface area (Å²) in [4.78, 5) is 4.51. The van der Waals surface area contributed by atoms with Crippen LogP contribution in [0.25, 0.3) is 0 Å². The molecule has 0 spiro atoms. The number of aliphatic imine (C=N–C) groups is 1. The van der Waals surface area contributed by atoms with E-state index in [1.165, 1.54) is 12.1 Å². The van der Waals surface area contributed by atoms with Gasteiger partial charge in [0.25, 0.3) is 0 Å². The highest BCUT2D eigenvalue weighted by atomic mass is 127. The van der Waals surface area contributed by atoms with Gasteiger partial charge in [-0.2, -0.15) is 13.2 Å². The maximum atomic E-state index is 12.2. The minimum absolute atomic E-state index is 0. The van der Waals surface area contributed by atoms with Gasteiger partial charge < -0.3 is 24.8 Å². The average molecular weight is 559 g/mol. The van der Waals surface area contributed by atoms with Gasteiger partial charge in [-0.15, -0.1) is 24.0 Å². The van der Waals surface area contributed by atoms with Gasteiger partial charge in [0.05, 0.1) is 6.54 Å². The summed E-state index contributed by atoms with van der Waals surface area (Å²) in [5.74, 6) is 1.49. The number of ether oxygens (including phenoxy) is 3. The number of benzene rings is 1. The van der Waals surface area contributed by atoms with Gasteiger partial charge in [0.1, 0.15) is 5.75 Å². The number of hydrogen-bond acceptors (Lipinski definition) is 4. The molecule has 1 aromatic rings. The maximum Gasteiger partial charge on any atom is 0.422 e. The van der Waals surface area contributed by atoms with Crippen LogP contribution in [0, 0.1) is 5.92 Å². The van der Waals surface area contributed by atoms with Crippen molar-refractivity contribution in [3.63, 3.8) is 0 Å². The summed E-state index contributed by atoms with van der Waals surface area (Å²) < 4.78 is 52.4. The van der Waals surface area contributed by atoms with E-state index in [-0.39, 0.29) is 29.7 Å². The van der Waals surface area contributed by atoms with Gasteiger partial charge in [0, 0.05) is 39.5 Å². The van der Waals surface area contributed by atoms with Crippen molar-refractivity contribution in [3.05, 3.63) is 29.8 Å². The van der Waals surface area contributed by atoms with Crippen molar-refractivity contribution in [1.82, 2.24) is 10.6 Å². The van der Waals surface area contributed by atoms with Crippen LogP contribution in [0.5, 0.6) is 5.75 Å². The molecule has 31 heavy (non-hydrogen) atoms. The predicted molar refractivity (Wildman–Crippen MR) is 125 cm³/mol. The van der Waals surface area contributed by atoms with Crippen LogP contribution in [0.15, 0.2) is 29.3 Å². The fraction of sp³-hybridized carbons (Fsp3) is 0.667. The Morgan fingerprint density at radius 1 is 1.16 bits per heavy atom. The Labute approximate surface area is 199 Å². The van der Waals surface area contributed by atoms with E-state index in [2.05, 4.69) is 15.6 Å². The van der Waals surface area contributed by atoms with Gasteiger partial charge in [-0.3, -0.25) is 0 Å². The van der Waals surface area contributed by atoms with E-state index < -0.39 is 12.8 Å². The van der Waals surface area contributed by atoms with Crippen molar-refractivity contribution < 1.29 is 27.4 Å². The molecule has 1 aliphatic rings. The quantitative estimate of drug-likeness (QED) is 0.185. The van der Waals surface area contributed by atoms with Crippen LogP contribution < -0.4 is 15.4 Å². The van der Waals surface area contributed by atoms with Crippen molar-refractivity contribution in [2.24, 2.45) is 10.9 Å². The molecular formula is C21H33F3IN3O3. The van der Waals surface area contributed by atoms with Crippen LogP contribution in [-0.2, 0) is 16.0 Å². The first-order valence-electron chi connectivity index (χ1n) is 10.4. The number of rotatable bonds is 11. The third-order valence-corrected chi connectivity index (χ3v) is 4.54. The van der Waals surface area contributed by atoms with Gasteiger partial charge in [-0.05, 0) is 49.8 Å². The molecule has 1 heterocycles. The molecule has 0 atom stereocenters. The SMILES string of the molecule is CCNC(=NCc1ccc(OCC(F)(F)F)cc1)NCCCOCC1CCOCC1.I. The molecule has 0 saturated carbocycles. The number of alkyl halides is 3. The number of hydrogen-bond donors (Lipinski definition) is 2. The lowest BCUT2D eigenvalue weighted by Crippen LogP contribution is -2.38. The highest BCUT2D eigenvalue weighted by Crippen LogP contribution is 2.19. The van der Waals surface area contributed by atoms with Crippen LogP contribution in [0.2, 0.25) is 0 Å². The zero-order valence-corrected chi connectivity index (χ0v) is 20.2. The molecule has 2 rings (SSSR count). The molecule has 178 valence electrons. The Morgan fingerprint density at radius 2 is 1.87 bits per heavy atom. The van der Waals surface area contributed by atoms with Crippen molar-refractivity contribution in [2.45, 2.75) is 38.9 Å². The summed E-state index contributed by atoms with van der Waals surface area (Å²) >= 11 is 0. The molecule has 0 aromatic heterocycles. The average Bonchev–Trinajstić information content (AvgIpc) is 2.74. The molecule has 6 nitrogen and oxygen atoms in total. The van der Waals surface area contributed by atoms with E-state index >= 15 is 0 Å². The number of halogens is 4. The van der Waals surface area contributed by atoms with Gasteiger partial charge in [0.2, 0.25) is 0 Å². The van der Waals surface area contributed by atoms with Gasteiger partial charge in [0.15, 0.2) is 12.6 Å². The van der Waals surface area contributed by atoms with E-state index in [1.54, 1.807) is 12.1 Å². The van der Waals surface area contributed by atoms with Gasteiger partial charge in [-0.25, -0.2) is 4.99 Å². The van der Waals surface area contributed by atoms with Gasteiger partial charge in [-0.1, -0.05) is 12.1 Å². The monoisotopic (exact) mass is 559 g/mol. The molecular weight excluding hydrogens is 526 g/mol. The predicted octanol–water partition coefficient (Wildman–Crippen LogP) is 4.13. The summed E-state index contributed by atoms with van der Waals surface area (Å²) in [6.07, 6.45) is -1.32.